The fourth-order valence-corrected chi connectivity index (χ4v) is 2.93. The van der Waals surface area contributed by atoms with Crippen LogP contribution in [0.25, 0.3) is 0 Å². The Kier molecular flexibility index (Phi) is 8.36. The van der Waals surface area contributed by atoms with Crippen LogP contribution in [0.2, 0.25) is 0 Å². The van der Waals surface area contributed by atoms with Crippen molar-refractivity contribution in [2.45, 2.75) is 26.8 Å². The Hall–Kier alpha value is -3.19. The molecule has 0 saturated heterocycles. The summed E-state index contributed by atoms with van der Waals surface area (Å²) in [6.45, 7) is 6.39. The van der Waals surface area contributed by atoms with Crippen molar-refractivity contribution < 1.29 is 19.3 Å². The first kappa shape index (κ1) is 22.1. The summed E-state index contributed by atoms with van der Waals surface area (Å²) < 4.78 is 0. The smallest absolute Gasteiger partial charge is 0.279 e. The molecule has 2 atom stereocenters. The highest BCUT2D eigenvalue weighted by atomic mass is 16.2. The Bertz CT molecular complexity index is 822. The molecule has 4 N–H and O–H groups in total. The number of carbonyl (C=O) groups excluding carboxylic acids is 3. The fourth-order valence-electron chi connectivity index (χ4n) is 2.93. The van der Waals surface area contributed by atoms with E-state index in [9.17, 15) is 14.4 Å². The van der Waals surface area contributed by atoms with Gasteiger partial charge in [0.2, 0.25) is 5.91 Å². The third kappa shape index (κ3) is 7.75. The van der Waals surface area contributed by atoms with E-state index in [0.717, 1.165) is 10.5 Å². The fraction of sp³-hybridized carbons (Fsp3) is 0.318. The van der Waals surface area contributed by atoms with E-state index in [4.69, 9.17) is 0 Å². The molecule has 0 spiro atoms. The molecule has 0 fully saturated rings. The number of hydrogen-bond donors (Lipinski definition) is 4. The van der Waals surface area contributed by atoms with Crippen LogP contribution in [0.4, 0.5) is 11.4 Å². The number of rotatable bonds is 9. The van der Waals surface area contributed by atoms with Crippen LogP contribution in [0.1, 0.15) is 32.4 Å². The summed E-state index contributed by atoms with van der Waals surface area (Å²) in [5, 5.41) is 8.48. The molecule has 0 aromatic heterocycles. The molecular weight excluding hydrogens is 368 g/mol. The molecule has 7 nitrogen and oxygen atoms in total. The third-order valence-corrected chi connectivity index (χ3v) is 4.49. The van der Waals surface area contributed by atoms with Crippen LogP contribution in [0, 0.1) is 0 Å². The van der Waals surface area contributed by atoms with Crippen molar-refractivity contribution >= 4 is 29.1 Å². The molecular formula is C22H29N4O3+. The Morgan fingerprint density at radius 2 is 1.41 bits per heavy atom. The van der Waals surface area contributed by atoms with Crippen molar-refractivity contribution in [1.29, 1.82) is 0 Å². The molecule has 2 aromatic rings. The molecule has 0 heterocycles. The van der Waals surface area contributed by atoms with Crippen LogP contribution in [0.5, 0.6) is 0 Å². The van der Waals surface area contributed by atoms with Crippen molar-refractivity contribution in [2.24, 2.45) is 0 Å². The molecule has 0 aliphatic rings. The van der Waals surface area contributed by atoms with Gasteiger partial charge >= 0.3 is 0 Å². The van der Waals surface area contributed by atoms with Gasteiger partial charge in [-0.2, -0.15) is 0 Å². The van der Waals surface area contributed by atoms with Gasteiger partial charge in [0.1, 0.15) is 0 Å². The average Bonchev–Trinajstić information content (AvgIpc) is 2.69. The molecule has 7 heteroatoms. The minimum Gasteiger partial charge on any atom is -0.345 e. The zero-order valence-corrected chi connectivity index (χ0v) is 17.1. The van der Waals surface area contributed by atoms with Gasteiger partial charge in [-0.05, 0) is 43.7 Å². The second kappa shape index (κ2) is 11.0. The Morgan fingerprint density at radius 3 is 1.97 bits per heavy atom. The SMILES string of the molecule is CC[NH+](CC(=O)Nc1ccc(NC(C)=O)cc1)CC(=O)N[C@H](C)c1ccccc1. The van der Waals surface area contributed by atoms with Gasteiger partial charge in [0.15, 0.2) is 13.1 Å². The van der Waals surface area contributed by atoms with Gasteiger partial charge in [0.25, 0.3) is 11.8 Å². The van der Waals surface area contributed by atoms with E-state index in [1.165, 1.54) is 6.92 Å². The normalized spacial score (nSPS) is 12.5. The lowest BCUT2D eigenvalue weighted by Crippen LogP contribution is -3.14. The lowest BCUT2D eigenvalue weighted by Gasteiger charge is -2.19. The van der Waals surface area contributed by atoms with E-state index >= 15 is 0 Å². The molecule has 0 saturated carbocycles. The highest BCUT2D eigenvalue weighted by Crippen LogP contribution is 2.13. The first-order chi connectivity index (χ1) is 13.9. The zero-order valence-electron chi connectivity index (χ0n) is 17.1. The standard InChI is InChI=1S/C22H28N4O3/c1-4-26(14-21(28)23-16(2)18-8-6-5-7-9-18)15-22(29)25-20-12-10-19(11-13-20)24-17(3)27/h5-13,16H,4,14-15H2,1-3H3,(H,23,28)(H,24,27)(H,25,29)/p+1/t16-/m1/s1. The molecule has 29 heavy (non-hydrogen) atoms. The number of likely N-dealkylation sites (N-methyl/N-ethyl adjacent to an activating group) is 1. The van der Waals surface area contributed by atoms with Gasteiger partial charge in [0.05, 0.1) is 12.6 Å². The molecule has 0 aliphatic heterocycles. The van der Waals surface area contributed by atoms with E-state index in [1.807, 2.05) is 44.2 Å². The molecule has 0 radical (unpaired) electrons. The van der Waals surface area contributed by atoms with Crippen LogP contribution >= 0.6 is 0 Å². The van der Waals surface area contributed by atoms with Gasteiger partial charge < -0.3 is 20.9 Å². The van der Waals surface area contributed by atoms with Gasteiger partial charge in [-0.15, -0.1) is 0 Å². The van der Waals surface area contributed by atoms with E-state index in [2.05, 4.69) is 16.0 Å². The molecule has 0 aliphatic carbocycles. The maximum Gasteiger partial charge on any atom is 0.279 e. The highest BCUT2D eigenvalue weighted by molar-refractivity contribution is 5.92. The van der Waals surface area contributed by atoms with E-state index in [1.54, 1.807) is 24.3 Å². The van der Waals surface area contributed by atoms with Crippen LogP contribution in [-0.4, -0.2) is 37.4 Å². The number of hydrogen-bond acceptors (Lipinski definition) is 3. The minimum atomic E-state index is -0.168. The number of amides is 3. The lowest BCUT2D eigenvalue weighted by molar-refractivity contribution is -0.881. The topological polar surface area (TPSA) is 91.7 Å². The molecule has 2 aromatic carbocycles. The van der Waals surface area contributed by atoms with Gasteiger partial charge in [0, 0.05) is 18.3 Å². The van der Waals surface area contributed by atoms with Crippen molar-refractivity contribution in [3.8, 4) is 0 Å². The largest absolute Gasteiger partial charge is 0.345 e. The molecule has 154 valence electrons. The van der Waals surface area contributed by atoms with Gasteiger partial charge in [-0.25, -0.2) is 0 Å². The molecule has 3 amide bonds. The summed E-state index contributed by atoms with van der Waals surface area (Å²) >= 11 is 0. The van der Waals surface area contributed by atoms with Crippen molar-refractivity contribution in [3.63, 3.8) is 0 Å². The van der Waals surface area contributed by atoms with Crippen molar-refractivity contribution in [3.05, 3.63) is 60.2 Å². The number of nitrogens with one attached hydrogen (secondary N) is 4. The van der Waals surface area contributed by atoms with Gasteiger partial charge in [-0.3, -0.25) is 14.4 Å². The Balaban J connectivity index is 1.82. The predicted octanol–water partition coefficient (Wildman–Crippen LogP) is 1.37. The summed E-state index contributed by atoms with van der Waals surface area (Å²) in [5.41, 5.74) is 2.35. The first-order valence-electron chi connectivity index (χ1n) is 9.72. The van der Waals surface area contributed by atoms with Crippen molar-refractivity contribution in [1.82, 2.24) is 5.32 Å². The minimum absolute atomic E-state index is 0.0854. The maximum absolute atomic E-state index is 12.4. The third-order valence-electron chi connectivity index (χ3n) is 4.49. The zero-order chi connectivity index (χ0) is 21.2. The number of anilines is 2. The van der Waals surface area contributed by atoms with Crippen LogP contribution in [-0.2, 0) is 14.4 Å². The predicted molar refractivity (Wildman–Crippen MR) is 114 cm³/mol. The van der Waals surface area contributed by atoms with Crippen molar-refractivity contribution in [2.75, 3.05) is 30.3 Å². The summed E-state index contributed by atoms with van der Waals surface area (Å²) in [7, 11) is 0. The average molecular weight is 397 g/mol. The summed E-state index contributed by atoms with van der Waals surface area (Å²) in [5.74, 6) is -0.410. The molecule has 0 bridgehead atoms. The second-order valence-electron chi connectivity index (χ2n) is 6.96. The Labute approximate surface area is 171 Å². The highest BCUT2D eigenvalue weighted by Gasteiger charge is 2.18. The monoisotopic (exact) mass is 397 g/mol. The number of quaternary nitrogens is 1. The van der Waals surface area contributed by atoms with Crippen LogP contribution in [0.3, 0.4) is 0 Å². The number of carbonyl (C=O) groups is 3. The maximum atomic E-state index is 12.4. The second-order valence-corrected chi connectivity index (χ2v) is 6.96. The number of benzene rings is 2. The van der Waals surface area contributed by atoms with Crippen LogP contribution < -0.4 is 20.9 Å². The quantitative estimate of drug-likeness (QED) is 0.515. The van der Waals surface area contributed by atoms with Gasteiger partial charge in [-0.1, -0.05) is 30.3 Å². The summed E-state index contributed by atoms with van der Waals surface area (Å²) in [6.07, 6.45) is 0. The van der Waals surface area contributed by atoms with Crippen LogP contribution in [0.15, 0.2) is 54.6 Å². The lowest BCUT2D eigenvalue weighted by atomic mass is 10.1. The molecule has 1 unspecified atom stereocenters. The summed E-state index contributed by atoms with van der Waals surface area (Å²) in [4.78, 5) is 36.6. The van der Waals surface area contributed by atoms with E-state index in [0.29, 0.717) is 17.9 Å². The first-order valence-corrected chi connectivity index (χ1v) is 9.72. The Morgan fingerprint density at radius 1 is 0.862 bits per heavy atom. The van der Waals surface area contributed by atoms with E-state index in [-0.39, 0.29) is 36.9 Å². The molecule has 2 rings (SSSR count). The summed E-state index contributed by atoms with van der Waals surface area (Å²) in [6, 6.07) is 16.6. The van der Waals surface area contributed by atoms with E-state index < -0.39 is 0 Å².